The summed E-state index contributed by atoms with van der Waals surface area (Å²) in [6.07, 6.45) is 4.95. The number of thioether (sulfide) groups is 1. The van der Waals surface area contributed by atoms with Gasteiger partial charge in [-0.1, -0.05) is 30.0 Å². The third kappa shape index (κ3) is 3.84. The zero-order valence-corrected chi connectivity index (χ0v) is 14.2. The maximum atomic E-state index is 12.4. The van der Waals surface area contributed by atoms with Gasteiger partial charge in [0, 0.05) is 11.1 Å². The van der Waals surface area contributed by atoms with Crippen LogP contribution in [0.1, 0.15) is 4.88 Å². The summed E-state index contributed by atoms with van der Waals surface area (Å²) in [5, 5.41) is 4.63. The van der Waals surface area contributed by atoms with E-state index in [2.05, 4.69) is 10.3 Å². The fourth-order valence-electron chi connectivity index (χ4n) is 1.92. The molecule has 8 heteroatoms. The highest BCUT2D eigenvalue weighted by Gasteiger charge is 2.33. The molecule has 1 N–H and O–H groups in total. The first-order valence-electron chi connectivity index (χ1n) is 6.62. The third-order valence-electron chi connectivity index (χ3n) is 2.94. The Kier molecular flexibility index (Phi) is 4.85. The van der Waals surface area contributed by atoms with Crippen molar-refractivity contribution >= 4 is 63.2 Å². The molecule has 5 nitrogen and oxygen atoms in total. The van der Waals surface area contributed by atoms with Gasteiger partial charge in [-0.15, -0.1) is 11.3 Å². The van der Waals surface area contributed by atoms with E-state index < -0.39 is 0 Å². The molecular formula is C15H11N3O2S3. The van der Waals surface area contributed by atoms with E-state index in [0.717, 1.165) is 4.88 Å². The molecule has 1 fully saturated rings. The van der Waals surface area contributed by atoms with Gasteiger partial charge in [0.1, 0.15) is 10.9 Å². The minimum absolute atomic E-state index is 0.110. The second kappa shape index (κ2) is 7.03. The van der Waals surface area contributed by atoms with Crippen LogP contribution in [0.2, 0.25) is 0 Å². The highest BCUT2D eigenvalue weighted by atomic mass is 32.2. The SMILES string of the molecule is O=C(CN1C(=O)/C(=C\c2cccs2)SC1=S)Nc1cccnc1. The Bertz CT molecular complexity index is 773. The molecule has 0 spiro atoms. The van der Waals surface area contributed by atoms with Gasteiger partial charge in [0.25, 0.3) is 5.91 Å². The number of hydrogen-bond acceptors (Lipinski definition) is 6. The van der Waals surface area contributed by atoms with Crippen molar-refractivity contribution in [3.63, 3.8) is 0 Å². The topological polar surface area (TPSA) is 62.3 Å². The van der Waals surface area contributed by atoms with Crippen LogP contribution < -0.4 is 5.32 Å². The summed E-state index contributed by atoms with van der Waals surface area (Å²) < 4.78 is 0.388. The van der Waals surface area contributed by atoms with Gasteiger partial charge in [-0.2, -0.15) is 0 Å². The van der Waals surface area contributed by atoms with Crippen LogP contribution >= 0.6 is 35.3 Å². The highest BCUT2D eigenvalue weighted by molar-refractivity contribution is 8.26. The number of nitrogens with zero attached hydrogens (tertiary/aromatic N) is 2. The van der Waals surface area contributed by atoms with Crippen LogP contribution in [-0.4, -0.2) is 32.6 Å². The molecule has 116 valence electrons. The lowest BCUT2D eigenvalue weighted by atomic mass is 10.3. The van der Waals surface area contributed by atoms with Gasteiger partial charge >= 0.3 is 0 Å². The molecule has 2 amide bonds. The largest absolute Gasteiger partial charge is 0.323 e. The van der Waals surface area contributed by atoms with Gasteiger partial charge < -0.3 is 5.32 Å². The molecule has 23 heavy (non-hydrogen) atoms. The summed E-state index contributed by atoms with van der Waals surface area (Å²) in [5.74, 6) is -0.554. The lowest BCUT2D eigenvalue weighted by Gasteiger charge is -2.13. The molecule has 2 aromatic heterocycles. The second-order valence-electron chi connectivity index (χ2n) is 4.57. The normalized spacial score (nSPS) is 16.2. The third-order valence-corrected chi connectivity index (χ3v) is 5.13. The van der Waals surface area contributed by atoms with E-state index in [1.54, 1.807) is 30.6 Å². The molecule has 1 aliphatic heterocycles. The molecule has 0 atom stereocenters. The number of carbonyl (C=O) groups excluding carboxylic acids is 2. The van der Waals surface area contributed by atoms with Crippen molar-refractivity contribution in [2.24, 2.45) is 0 Å². The van der Waals surface area contributed by atoms with Crippen molar-refractivity contribution in [3.05, 3.63) is 51.8 Å². The van der Waals surface area contributed by atoms with Crippen LogP contribution in [0.15, 0.2) is 46.9 Å². The number of thiocarbonyl (C=S) groups is 1. The van der Waals surface area contributed by atoms with E-state index in [9.17, 15) is 9.59 Å². The van der Waals surface area contributed by atoms with E-state index in [-0.39, 0.29) is 18.4 Å². The Labute approximate surface area is 146 Å². The average Bonchev–Trinajstić information content (AvgIpc) is 3.13. The Morgan fingerprint density at radius 1 is 1.39 bits per heavy atom. The Morgan fingerprint density at radius 2 is 2.26 bits per heavy atom. The van der Waals surface area contributed by atoms with Crippen LogP contribution in [0.5, 0.6) is 0 Å². The van der Waals surface area contributed by atoms with Gasteiger partial charge in [-0.3, -0.25) is 19.5 Å². The number of hydrogen-bond donors (Lipinski definition) is 1. The summed E-state index contributed by atoms with van der Waals surface area (Å²) in [7, 11) is 0. The molecule has 1 saturated heterocycles. The Morgan fingerprint density at radius 3 is 2.96 bits per heavy atom. The zero-order valence-electron chi connectivity index (χ0n) is 11.8. The summed E-state index contributed by atoms with van der Waals surface area (Å²) in [6.45, 7) is -0.110. The first-order chi connectivity index (χ1) is 11.1. The number of pyridine rings is 1. The number of rotatable bonds is 4. The molecule has 0 saturated carbocycles. The highest BCUT2D eigenvalue weighted by Crippen LogP contribution is 2.33. The van der Waals surface area contributed by atoms with E-state index in [1.165, 1.54) is 28.0 Å². The Hall–Kier alpha value is -2.03. The molecule has 3 heterocycles. The van der Waals surface area contributed by atoms with Gasteiger partial charge in [0.15, 0.2) is 0 Å². The van der Waals surface area contributed by atoms with Crippen molar-refractivity contribution < 1.29 is 9.59 Å². The number of amides is 2. The van der Waals surface area contributed by atoms with Crippen LogP contribution in [-0.2, 0) is 9.59 Å². The molecule has 0 unspecified atom stereocenters. The maximum Gasteiger partial charge on any atom is 0.266 e. The average molecular weight is 361 g/mol. The van der Waals surface area contributed by atoms with Crippen LogP contribution in [0.4, 0.5) is 5.69 Å². The molecule has 0 radical (unpaired) electrons. The number of aromatic nitrogens is 1. The summed E-state index contributed by atoms with van der Waals surface area (Å²) >= 11 is 7.96. The fourth-order valence-corrected chi connectivity index (χ4v) is 3.90. The van der Waals surface area contributed by atoms with Crippen molar-refractivity contribution in [2.45, 2.75) is 0 Å². The lowest BCUT2D eigenvalue weighted by molar-refractivity contribution is -0.126. The molecule has 3 rings (SSSR count). The minimum Gasteiger partial charge on any atom is -0.323 e. The smallest absolute Gasteiger partial charge is 0.266 e. The van der Waals surface area contributed by atoms with Crippen LogP contribution in [0, 0.1) is 0 Å². The monoisotopic (exact) mass is 361 g/mol. The van der Waals surface area contributed by atoms with Crippen molar-refractivity contribution in [2.75, 3.05) is 11.9 Å². The van der Waals surface area contributed by atoms with Crippen molar-refractivity contribution in [1.82, 2.24) is 9.88 Å². The van der Waals surface area contributed by atoms with Crippen molar-refractivity contribution in [3.8, 4) is 0 Å². The summed E-state index contributed by atoms with van der Waals surface area (Å²) in [4.78, 5) is 31.2. The first kappa shape index (κ1) is 15.9. The zero-order chi connectivity index (χ0) is 16.2. The van der Waals surface area contributed by atoms with E-state index in [1.807, 2.05) is 17.5 Å². The van der Waals surface area contributed by atoms with E-state index in [0.29, 0.717) is 14.9 Å². The number of carbonyl (C=O) groups is 2. The van der Waals surface area contributed by atoms with Gasteiger partial charge in [0.05, 0.1) is 16.8 Å². The quantitative estimate of drug-likeness (QED) is 0.670. The van der Waals surface area contributed by atoms with Gasteiger partial charge in [-0.25, -0.2) is 0 Å². The molecule has 2 aromatic rings. The summed E-state index contributed by atoms with van der Waals surface area (Å²) in [6, 6.07) is 7.29. The lowest BCUT2D eigenvalue weighted by Crippen LogP contribution is -2.36. The number of anilines is 1. The fraction of sp³-hybridized carbons (Fsp3) is 0.0667. The molecular weight excluding hydrogens is 350 g/mol. The second-order valence-corrected chi connectivity index (χ2v) is 7.23. The molecule has 0 aromatic carbocycles. The summed E-state index contributed by atoms with van der Waals surface area (Å²) in [5.41, 5.74) is 0.581. The molecule has 0 aliphatic carbocycles. The molecule has 0 bridgehead atoms. The maximum absolute atomic E-state index is 12.4. The van der Waals surface area contributed by atoms with Crippen LogP contribution in [0.25, 0.3) is 6.08 Å². The van der Waals surface area contributed by atoms with E-state index >= 15 is 0 Å². The van der Waals surface area contributed by atoms with E-state index in [4.69, 9.17) is 12.2 Å². The number of thiophene rings is 1. The predicted octanol–water partition coefficient (Wildman–Crippen LogP) is 2.98. The minimum atomic E-state index is -0.313. The number of nitrogens with one attached hydrogen (secondary N) is 1. The first-order valence-corrected chi connectivity index (χ1v) is 8.72. The van der Waals surface area contributed by atoms with Crippen molar-refractivity contribution in [1.29, 1.82) is 0 Å². The van der Waals surface area contributed by atoms with Gasteiger partial charge in [-0.05, 0) is 29.7 Å². The van der Waals surface area contributed by atoms with Crippen LogP contribution in [0.3, 0.4) is 0 Å². The predicted molar refractivity (Wildman–Crippen MR) is 97.1 cm³/mol. The van der Waals surface area contributed by atoms with Gasteiger partial charge in [0.2, 0.25) is 5.91 Å². The molecule has 1 aliphatic rings. The Balaban J connectivity index is 1.67. The standard InChI is InChI=1S/C15H11N3O2S3/c19-13(17-10-3-1-5-16-8-10)9-18-14(20)12(23-15(18)21)7-11-4-2-6-22-11/h1-8H,9H2,(H,17,19)/b12-7+.